The molecule has 1 aromatic rings. The van der Waals surface area contributed by atoms with Gasteiger partial charge in [0, 0.05) is 18.2 Å². The van der Waals surface area contributed by atoms with Crippen molar-refractivity contribution in [3.63, 3.8) is 0 Å². The number of amides is 1. The average molecular weight is 239 g/mol. The van der Waals surface area contributed by atoms with Gasteiger partial charge in [0.2, 0.25) is 5.91 Å². The van der Waals surface area contributed by atoms with E-state index in [4.69, 9.17) is 0 Å². The molecule has 1 rings (SSSR count). The summed E-state index contributed by atoms with van der Waals surface area (Å²) in [6, 6.07) is 2.34. The Morgan fingerprint density at radius 2 is 2.18 bits per heavy atom. The number of rotatable bonds is 5. The van der Waals surface area contributed by atoms with Crippen LogP contribution in [0.4, 0.5) is 0 Å². The van der Waals surface area contributed by atoms with Crippen LogP contribution in [0.5, 0.6) is 0 Å². The van der Waals surface area contributed by atoms with Gasteiger partial charge >= 0.3 is 0 Å². The summed E-state index contributed by atoms with van der Waals surface area (Å²) < 4.78 is 0.996. The van der Waals surface area contributed by atoms with Crippen molar-refractivity contribution in [3.8, 4) is 0 Å². The van der Waals surface area contributed by atoms with Crippen molar-refractivity contribution in [2.24, 2.45) is 0 Å². The Morgan fingerprint density at radius 3 is 2.82 bits per heavy atom. The molecule has 0 aliphatic heterocycles. The minimum absolute atomic E-state index is 0.0682. The van der Waals surface area contributed by atoms with Crippen LogP contribution in [0.25, 0.3) is 0 Å². The molecule has 2 N–H and O–H groups in total. The first-order valence-electron chi connectivity index (χ1n) is 5.62. The summed E-state index contributed by atoms with van der Waals surface area (Å²) >= 11 is 0. The van der Waals surface area contributed by atoms with E-state index in [-0.39, 0.29) is 18.5 Å². The zero-order valence-electron chi connectivity index (χ0n) is 10.0. The molecule has 1 unspecified atom stereocenters. The van der Waals surface area contributed by atoms with Crippen LogP contribution >= 0.6 is 0 Å². The van der Waals surface area contributed by atoms with Crippen LogP contribution in [0.1, 0.15) is 26.7 Å². The van der Waals surface area contributed by atoms with Gasteiger partial charge in [-0.15, -0.1) is 0 Å². The van der Waals surface area contributed by atoms with Crippen LogP contribution in [0, 0.1) is 0 Å². The predicted molar refractivity (Wildman–Crippen MR) is 63.8 cm³/mol. The summed E-state index contributed by atoms with van der Waals surface area (Å²) in [5.74, 6) is -0.282. The summed E-state index contributed by atoms with van der Waals surface area (Å²) in [6.07, 6.45) is 1.86. The van der Waals surface area contributed by atoms with Crippen molar-refractivity contribution >= 4 is 5.91 Å². The van der Waals surface area contributed by atoms with Crippen LogP contribution in [0.15, 0.2) is 21.7 Å². The smallest absolute Gasteiger partial charge is 0.265 e. The standard InChI is InChI=1S/C11H17N3O3/c1-3-4-8(2)12-10(16)7-14-11(17)6-5-9(15)13-14/h5-6,8H,3-4,7H2,1-2H3,(H,12,16)(H,13,15). The molecule has 0 fully saturated rings. The molecule has 1 atom stereocenters. The highest BCUT2D eigenvalue weighted by Gasteiger charge is 2.08. The zero-order chi connectivity index (χ0) is 12.8. The van der Waals surface area contributed by atoms with Gasteiger partial charge in [-0.1, -0.05) is 13.3 Å². The topological polar surface area (TPSA) is 84.0 Å². The molecule has 17 heavy (non-hydrogen) atoms. The van der Waals surface area contributed by atoms with E-state index >= 15 is 0 Å². The van der Waals surface area contributed by atoms with Crippen LogP contribution in [-0.4, -0.2) is 21.7 Å². The molecule has 6 nitrogen and oxygen atoms in total. The van der Waals surface area contributed by atoms with E-state index in [0.29, 0.717) is 0 Å². The van der Waals surface area contributed by atoms with Gasteiger partial charge in [-0.05, 0) is 13.3 Å². The Balaban J connectivity index is 2.65. The molecule has 0 aliphatic rings. The highest BCUT2D eigenvalue weighted by atomic mass is 16.2. The fourth-order valence-electron chi connectivity index (χ4n) is 1.55. The molecule has 94 valence electrons. The number of carbonyl (C=O) groups excluding carboxylic acids is 1. The maximum atomic E-state index is 11.6. The lowest BCUT2D eigenvalue weighted by molar-refractivity contribution is -0.122. The first-order valence-corrected chi connectivity index (χ1v) is 5.62. The normalized spacial score (nSPS) is 12.1. The first kappa shape index (κ1) is 13.2. The molecule has 1 aromatic heterocycles. The van der Waals surface area contributed by atoms with E-state index in [0.717, 1.165) is 29.7 Å². The SMILES string of the molecule is CCCC(C)NC(=O)Cn1[nH]c(=O)ccc1=O. The summed E-state index contributed by atoms with van der Waals surface area (Å²) in [7, 11) is 0. The van der Waals surface area contributed by atoms with E-state index < -0.39 is 11.1 Å². The van der Waals surface area contributed by atoms with Gasteiger partial charge in [-0.2, -0.15) is 0 Å². The largest absolute Gasteiger partial charge is 0.352 e. The number of H-pyrrole nitrogens is 1. The van der Waals surface area contributed by atoms with Gasteiger partial charge in [0.25, 0.3) is 11.1 Å². The average Bonchev–Trinajstić information content (AvgIpc) is 2.23. The number of carbonyl (C=O) groups is 1. The number of aromatic amines is 1. The maximum Gasteiger partial charge on any atom is 0.265 e. The number of aromatic nitrogens is 2. The van der Waals surface area contributed by atoms with Crippen LogP contribution in [-0.2, 0) is 11.3 Å². The Labute approximate surface area is 98.6 Å². The van der Waals surface area contributed by atoms with E-state index in [9.17, 15) is 14.4 Å². The van der Waals surface area contributed by atoms with E-state index in [1.807, 2.05) is 13.8 Å². The minimum atomic E-state index is -0.404. The van der Waals surface area contributed by atoms with Crippen LogP contribution in [0.2, 0.25) is 0 Å². The summed E-state index contributed by atoms with van der Waals surface area (Å²) in [5.41, 5.74) is -0.804. The Morgan fingerprint density at radius 1 is 1.47 bits per heavy atom. The van der Waals surface area contributed by atoms with Crippen LogP contribution < -0.4 is 16.4 Å². The maximum absolute atomic E-state index is 11.6. The Hall–Kier alpha value is -1.85. The first-order chi connectivity index (χ1) is 8.02. The van der Waals surface area contributed by atoms with Crippen molar-refractivity contribution in [2.45, 2.75) is 39.3 Å². The molecule has 1 heterocycles. The molecule has 0 saturated heterocycles. The predicted octanol–water partition coefficient (Wildman–Crippen LogP) is -0.159. The quantitative estimate of drug-likeness (QED) is 0.749. The monoisotopic (exact) mass is 239 g/mol. The second kappa shape index (κ2) is 6.03. The van der Waals surface area contributed by atoms with Gasteiger partial charge in [0.15, 0.2) is 0 Å². The van der Waals surface area contributed by atoms with E-state index in [2.05, 4.69) is 10.4 Å². The van der Waals surface area contributed by atoms with Crippen molar-refractivity contribution < 1.29 is 4.79 Å². The number of hydrogen-bond acceptors (Lipinski definition) is 3. The molecule has 1 amide bonds. The second-order valence-electron chi connectivity index (χ2n) is 3.99. The van der Waals surface area contributed by atoms with Gasteiger partial charge in [0.05, 0.1) is 0 Å². The molecule has 6 heteroatoms. The third-order valence-electron chi connectivity index (χ3n) is 2.32. The second-order valence-corrected chi connectivity index (χ2v) is 3.99. The Kier molecular flexibility index (Phi) is 4.68. The zero-order valence-corrected chi connectivity index (χ0v) is 10.0. The number of nitrogens with zero attached hydrogens (tertiary/aromatic N) is 1. The molecular weight excluding hydrogens is 222 g/mol. The number of hydrogen-bond donors (Lipinski definition) is 2. The highest BCUT2D eigenvalue weighted by Crippen LogP contribution is 1.94. The van der Waals surface area contributed by atoms with E-state index in [1.165, 1.54) is 0 Å². The van der Waals surface area contributed by atoms with Gasteiger partial charge < -0.3 is 5.32 Å². The van der Waals surface area contributed by atoms with Crippen molar-refractivity contribution in [1.82, 2.24) is 15.1 Å². The molecule has 0 aromatic carbocycles. The van der Waals surface area contributed by atoms with Gasteiger partial charge in [0.1, 0.15) is 6.54 Å². The molecule has 0 saturated carbocycles. The van der Waals surface area contributed by atoms with Crippen molar-refractivity contribution in [2.75, 3.05) is 0 Å². The summed E-state index contributed by atoms with van der Waals surface area (Å²) in [5, 5.41) is 5.05. The molecular formula is C11H17N3O3. The van der Waals surface area contributed by atoms with E-state index in [1.54, 1.807) is 0 Å². The number of nitrogens with one attached hydrogen (secondary N) is 2. The fourth-order valence-corrected chi connectivity index (χ4v) is 1.55. The molecule has 0 spiro atoms. The molecule has 0 radical (unpaired) electrons. The summed E-state index contributed by atoms with van der Waals surface area (Å²) in [6.45, 7) is 3.77. The highest BCUT2D eigenvalue weighted by molar-refractivity contribution is 5.75. The lowest BCUT2D eigenvalue weighted by Crippen LogP contribution is -2.39. The minimum Gasteiger partial charge on any atom is -0.352 e. The third-order valence-corrected chi connectivity index (χ3v) is 2.32. The lowest BCUT2D eigenvalue weighted by Gasteiger charge is -2.13. The molecule has 0 bridgehead atoms. The van der Waals surface area contributed by atoms with Gasteiger partial charge in [-0.25, -0.2) is 4.68 Å². The fraction of sp³-hybridized carbons (Fsp3) is 0.545. The van der Waals surface area contributed by atoms with Crippen molar-refractivity contribution in [3.05, 3.63) is 32.8 Å². The van der Waals surface area contributed by atoms with Crippen LogP contribution in [0.3, 0.4) is 0 Å². The van der Waals surface area contributed by atoms with Crippen molar-refractivity contribution in [1.29, 1.82) is 0 Å². The third kappa shape index (κ3) is 4.26. The lowest BCUT2D eigenvalue weighted by atomic mass is 10.2. The van der Waals surface area contributed by atoms with Gasteiger partial charge in [-0.3, -0.25) is 19.5 Å². The molecule has 0 aliphatic carbocycles. The Bertz CT molecular complexity index is 489. The summed E-state index contributed by atoms with van der Waals surface area (Å²) in [4.78, 5) is 33.9.